The molecule has 0 heterocycles. The van der Waals surface area contributed by atoms with Gasteiger partial charge in [0.05, 0.1) is 22.2 Å². The van der Waals surface area contributed by atoms with Crippen molar-refractivity contribution in [3.05, 3.63) is 70.2 Å². The van der Waals surface area contributed by atoms with Crippen molar-refractivity contribution in [1.82, 2.24) is 4.31 Å². The SMILES string of the molecule is CN(CC(=O)Nc1ccc(Br)cc1Cl)S(=O)(=O)c1ccc2ccccc2c1. The summed E-state index contributed by atoms with van der Waals surface area (Å²) >= 11 is 9.36. The number of halogens is 2. The maximum absolute atomic E-state index is 12.8. The minimum Gasteiger partial charge on any atom is -0.324 e. The number of sulfonamides is 1. The Morgan fingerprint density at radius 2 is 1.78 bits per heavy atom. The summed E-state index contributed by atoms with van der Waals surface area (Å²) in [5.41, 5.74) is 0.418. The van der Waals surface area contributed by atoms with Crippen molar-refractivity contribution in [2.45, 2.75) is 4.90 Å². The maximum Gasteiger partial charge on any atom is 0.243 e. The van der Waals surface area contributed by atoms with E-state index in [0.717, 1.165) is 19.6 Å². The van der Waals surface area contributed by atoms with Gasteiger partial charge in [-0.15, -0.1) is 0 Å². The first-order valence-corrected chi connectivity index (χ1v) is 10.6. The Morgan fingerprint density at radius 3 is 2.48 bits per heavy atom. The molecule has 0 aromatic heterocycles. The molecule has 0 aliphatic heterocycles. The molecule has 0 bridgehead atoms. The summed E-state index contributed by atoms with van der Waals surface area (Å²) < 4.78 is 27.4. The molecule has 0 aliphatic carbocycles. The highest BCUT2D eigenvalue weighted by molar-refractivity contribution is 9.10. The number of hydrogen-bond donors (Lipinski definition) is 1. The number of anilines is 1. The monoisotopic (exact) mass is 466 g/mol. The Balaban J connectivity index is 1.76. The van der Waals surface area contributed by atoms with Crippen LogP contribution in [0.3, 0.4) is 0 Å². The fourth-order valence-electron chi connectivity index (χ4n) is 2.58. The van der Waals surface area contributed by atoms with Gasteiger partial charge in [0.2, 0.25) is 15.9 Å². The fraction of sp³-hybridized carbons (Fsp3) is 0.105. The van der Waals surface area contributed by atoms with E-state index in [1.54, 1.807) is 30.3 Å². The van der Waals surface area contributed by atoms with E-state index in [1.807, 2.05) is 24.3 Å². The normalized spacial score (nSPS) is 11.7. The Kier molecular flexibility index (Phi) is 5.86. The van der Waals surface area contributed by atoms with Crippen molar-refractivity contribution >= 4 is 59.9 Å². The Bertz CT molecular complexity index is 1120. The summed E-state index contributed by atoms with van der Waals surface area (Å²) in [4.78, 5) is 12.4. The van der Waals surface area contributed by atoms with Crippen LogP contribution in [0.25, 0.3) is 10.8 Å². The third-order valence-electron chi connectivity index (χ3n) is 4.00. The third kappa shape index (κ3) is 4.50. The smallest absolute Gasteiger partial charge is 0.243 e. The van der Waals surface area contributed by atoms with Crippen LogP contribution in [0.4, 0.5) is 5.69 Å². The average Bonchev–Trinajstić information content (AvgIpc) is 2.63. The van der Waals surface area contributed by atoms with Crippen molar-refractivity contribution in [3.8, 4) is 0 Å². The zero-order valence-corrected chi connectivity index (χ0v) is 17.5. The minimum absolute atomic E-state index is 0.137. The number of nitrogens with one attached hydrogen (secondary N) is 1. The molecular weight excluding hydrogens is 452 g/mol. The molecule has 0 fully saturated rings. The molecule has 5 nitrogen and oxygen atoms in total. The molecule has 0 atom stereocenters. The molecule has 3 rings (SSSR count). The van der Waals surface area contributed by atoms with Gasteiger partial charge in [-0.2, -0.15) is 4.31 Å². The maximum atomic E-state index is 12.8. The molecular formula is C19H16BrClN2O3S. The fourth-order valence-corrected chi connectivity index (χ4v) is 4.46. The highest BCUT2D eigenvalue weighted by atomic mass is 79.9. The van der Waals surface area contributed by atoms with Crippen molar-refractivity contribution in [1.29, 1.82) is 0 Å². The lowest BCUT2D eigenvalue weighted by Gasteiger charge is -2.17. The summed E-state index contributed by atoms with van der Waals surface area (Å²) in [7, 11) is -2.43. The standard InChI is InChI=1S/C19H16BrClN2O3S/c1-23(12-19(24)22-18-9-7-15(20)11-17(18)21)27(25,26)16-8-6-13-4-2-3-5-14(13)10-16/h2-11H,12H2,1H3,(H,22,24). The molecule has 3 aromatic rings. The van der Waals surface area contributed by atoms with Crippen molar-refractivity contribution < 1.29 is 13.2 Å². The number of amides is 1. The molecule has 1 N–H and O–H groups in total. The van der Waals surface area contributed by atoms with E-state index in [4.69, 9.17) is 11.6 Å². The largest absolute Gasteiger partial charge is 0.324 e. The van der Waals surface area contributed by atoms with Crippen molar-refractivity contribution in [2.24, 2.45) is 0 Å². The van der Waals surface area contributed by atoms with E-state index in [2.05, 4.69) is 21.2 Å². The molecule has 140 valence electrons. The predicted octanol–water partition coefficient (Wildman–Crippen LogP) is 4.51. The summed E-state index contributed by atoms with van der Waals surface area (Å²) in [6, 6.07) is 17.4. The van der Waals surface area contributed by atoms with Gasteiger partial charge in [0.1, 0.15) is 0 Å². The lowest BCUT2D eigenvalue weighted by molar-refractivity contribution is -0.116. The zero-order valence-electron chi connectivity index (χ0n) is 14.3. The molecule has 27 heavy (non-hydrogen) atoms. The second-order valence-electron chi connectivity index (χ2n) is 5.94. The number of carbonyl (C=O) groups is 1. The third-order valence-corrected chi connectivity index (χ3v) is 6.61. The van der Waals surface area contributed by atoms with E-state index >= 15 is 0 Å². The van der Waals surface area contributed by atoms with Crippen LogP contribution in [-0.2, 0) is 14.8 Å². The van der Waals surface area contributed by atoms with Crippen LogP contribution in [0.5, 0.6) is 0 Å². The molecule has 0 aliphatic rings. The average molecular weight is 468 g/mol. The van der Waals surface area contributed by atoms with Gasteiger partial charge in [-0.1, -0.05) is 57.9 Å². The van der Waals surface area contributed by atoms with Gasteiger partial charge in [-0.05, 0) is 41.1 Å². The first-order chi connectivity index (χ1) is 12.8. The molecule has 0 saturated carbocycles. The van der Waals surface area contributed by atoms with E-state index in [1.165, 1.54) is 13.1 Å². The number of nitrogens with zero attached hydrogens (tertiary/aromatic N) is 1. The van der Waals surface area contributed by atoms with Gasteiger partial charge in [-0.3, -0.25) is 4.79 Å². The number of likely N-dealkylation sites (N-methyl/N-ethyl adjacent to an activating group) is 1. The molecule has 0 unspecified atom stereocenters. The topological polar surface area (TPSA) is 66.5 Å². The van der Waals surface area contributed by atoms with Gasteiger partial charge in [0.15, 0.2) is 0 Å². The summed E-state index contributed by atoms with van der Waals surface area (Å²) in [6.45, 7) is -0.332. The van der Waals surface area contributed by atoms with Crippen LogP contribution < -0.4 is 5.32 Å². The first-order valence-electron chi connectivity index (χ1n) is 7.97. The van der Waals surface area contributed by atoms with Gasteiger partial charge >= 0.3 is 0 Å². The summed E-state index contributed by atoms with van der Waals surface area (Å²) in [5.74, 6) is -0.480. The van der Waals surface area contributed by atoms with Crippen molar-refractivity contribution in [3.63, 3.8) is 0 Å². The molecule has 0 spiro atoms. The second-order valence-corrected chi connectivity index (χ2v) is 9.31. The minimum atomic E-state index is -3.80. The van der Waals surface area contributed by atoms with Crippen LogP contribution in [-0.4, -0.2) is 32.2 Å². The predicted molar refractivity (Wildman–Crippen MR) is 112 cm³/mol. The number of rotatable bonds is 5. The van der Waals surface area contributed by atoms with Gasteiger partial charge in [0.25, 0.3) is 0 Å². The lowest BCUT2D eigenvalue weighted by Crippen LogP contribution is -2.35. The zero-order chi connectivity index (χ0) is 19.6. The second kappa shape index (κ2) is 7.98. The number of fused-ring (bicyclic) bond motifs is 1. The van der Waals surface area contributed by atoms with E-state index in [9.17, 15) is 13.2 Å². The van der Waals surface area contributed by atoms with Gasteiger partial charge in [0, 0.05) is 11.5 Å². The molecule has 0 radical (unpaired) electrons. The Labute approximate surface area is 171 Å². The summed E-state index contributed by atoms with van der Waals surface area (Å²) in [5, 5.41) is 4.75. The molecule has 8 heteroatoms. The van der Waals surface area contributed by atoms with E-state index in [-0.39, 0.29) is 11.4 Å². The van der Waals surface area contributed by atoms with Crippen LogP contribution in [0.1, 0.15) is 0 Å². The van der Waals surface area contributed by atoms with E-state index < -0.39 is 15.9 Å². The highest BCUT2D eigenvalue weighted by Crippen LogP contribution is 2.26. The number of benzene rings is 3. The van der Waals surface area contributed by atoms with E-state index in [0.29, 0.717) is 10.7 Å². The first kappa shape index (κ1) is 19.8. The van der Waals surface area contributed by atoms with Gasteiger partial charge in [-0.25, -0.2) is 8.42 Å². The van der Waals surface area contributed by atoms with Gasteiger partial charge < -0.3 is 5.32 Å². The molecule has 0 saturated heterocycles. The number of hydrogen-bond acceptors (Lipinski definition) is 3. The van der Waals surface area contributed by atoms with Crippen LogP contribution >= 0.6 is 27.5 Å². The summed E-state index contributed by atoms with van der Waals surface area (Å²) in [6.07, 6.45) is 0. The van der Waals surface area contributed by atoms with Crippen molar-refractivity contribution in [2.75, 3.05) is 18.9 Å². The molecule has 3 aromatic carbocycles. The number of carbonyl (C=O) groups excluding carboxylic acids is 1. The van der Waals surface area contributed by atoms with Crippen LogP contribution in [0.15, 0.2) is 70.0 Å². The molecule has 1 amide bonds. The Hall–Kier alpha value is -1.93. The highest BCUT2D eigenvalue weighted by Gasteiger charge is 2.23. The van der Waals surface area contributed by atoms with Crippen LogP contribution in [0, 0.1) is 0 Å². The lowest BCUT2D eigenvalue weighted by atomic mass is 10.1. The Morgan fingerprint density at radius 1 is 1.07 bits per heavy atom. The quantitative estimate of drug-likeness (QED) is 0.600. The van der Waals surface area contributed by atoms with Crippen LogP contribution in [0.2, 0.25) is 5.02 Å².